The van der Waals surface area contributed by atoms with Gasteiger partial charge in [-0.25, -0.2) is 5.06 Å². The van der Waals surface area contributed by atoms with Crippen LogP contribution in [0.2, 0.25) is 36.3 Å². The van der Waals surface area contributed by atoms with Crippen molar-refractivity contribution in [1.29, 1.82) is 0 Å². The molecule has 4 aliphatic rings. The molecule has 1 heterocycles. The van der Waals surface area contributed by atoms with Gasteiger partial charge in [-0.15, -0.1) is 0 Å². The lowest BCUT2D eigenvalue weighted by Gasteiger charge is -2.46. The molecule has 46 heavy (non-hydrogen) atoms. The van der Waals surface area contributed by atoms with Crippen LogP contribution in [0.5, 0.6) is 0 Å². The lowest BCUT2D eigenvalue weighted by atomic mass is 9.60. The maximum Gasteiger partial charge on any atom is 0.251 e. The van der Waals surface area contributed by atoms with E-state index in [9.17, 15) is 15.1 Å². The van der Waals surface area contributed by atoms with Crippen LogP contribution in [0.4, 0.5) is 0 Å². The summed E-state index contributed by atoms with van der Waals surface area (Å²) in [5.74, 6) is 0.00823. The van der Waals surface area contributed by atoms with Gasteiger partial charge in [0.1, 0.15) is 0 Å². The molecular formula is C38H67NO5Si2. The van der Waals surface area contributed by atoms with E-state index in [1.807, 2.05) is 0 Å². The van der Waals surface area contributed by atoms with Crippen LogP contribution >= 0.6 is 0 Å². The molecule has 1 amide bonds. The van der Waals surface area contributed by atoms with Crippen LogP contribution in [0, 0.1) is 29.1 Å². The van der Waals surface area contributed by atoms with Gasteiger partial charge >= 0.3 is 0 Å². The van der Waals surface area contributed by atoms with Crippen molar-refractivity contribution < 1.29 is 24.0 Å². The first kappa shape index (κ1) is 37.8. The third-order valence-electron chi connectivity index (χ3n) is 13.6. The Hall–Kier alpha value is -1.04. The molecule has 8 heteroatoms. The van der Waals surface area contributed by atoms with Gasteiger partial charge in [0.2, 0.25) is 0 Å². The van der Waals surface area contributed by atoms with E-state index in [2.05, 4.69) is 100 Å². The average Bonchev–Trinajstić information content (AvgIpc) is 3.45. The molecule has 3 aliphatic carbocycles. The number of carbonyl (C=O) groups excluding carboxylic acids is 1. The number of hydrogen-bond acceptors (Lipinski definition) is 5. The molecule has 3 saturated carbocycles. The average molecular weight is 674 g/mol. The van der Waals surface area contributed by atoms with E-state index < -0.39 is 28.7 Å². The number of rotatable bonds is 8. The summed E-state index contributed by atoms with van der Waals surface area (Å²) >= 11 is 0. The number of carbonyl (C=O) groups is 1. The normalized spacial score (nSPS) is 34.8. The van der Waals surface area contributed by atoms with Gasteiger partial charge in [-0.2, -0.15) is 0 Å². The molecule has 4 rings (SSSR count). The fourth-order valence-electron chi connectivity index (χ4n) is 8.52. The Kier molecular flexibility index (Phi) is 11.0. The molecule has 0 aromatic carbocycles. The van der Waals surface area contributed by atoms with Gasteiger partial charge in [-0.1, -0.05) is 79.7 Å². The quantitative estimate of drug-likeness (QED) is 0.198. The van der Waals surface area contributed by atoms with Crippen molar-refractivity contribution in [3.8, 4) is 0 Å². The van der Waals surface area contributed by atoms with Crippen LogP contribution in [-0.2, 0) is 13.6 Å². The summed E-state index contributed by atoms with van der Waals surface area (Å²) < 4.78 is 14.1. The van der Waals surface area contributed by atoms with E-state index in [0.29, 0.717) is 24.8 Å². The first-order valence-electron chi connectivity index (χ1n) is 18.1. The molecule has 3 unspecified atom stereocenters. The van der Waals surface area contributed by atoms with Crippen molar-refractivity contribution in [2.45, 2.75) is 161 Å². The maximum atomic E-state index is 12.5. The molecule has 1 aliphatic heterocycles. The van der Waals surface area contributed by atoms with E-state index in [4.69, 9.17) is 8.85 Å². The lowest BCUT2D eigenvalue weighted by Crippen LogP contribution is -2.49. The standard InChI is InChI=1S/C38H67NO5Si2/c1-25-28(23-29(43-45(10,11)36(3,4)5)24-33(25)44-46(12,13)37(6,7)8)17-16-27-15-14-21-38(9)31(18-19-32(27)38)26(2)34(40)30-20-22-39(42)35(30)41/h16-17,26,29-34,40,42H,1,14-15,18-24H2,2-13H3/t26-,29+,30?,31+,32?,33-,34?,38+/m0/s1. The van der Waals surface area contributed by atoms with Crippen LogP contribution in [0.25, 0.3) is 0 Å². The van der Waals surface area contributed by atoms with Gasteiger partial charge in [-0.3, -0.25) is 10.0 Å². The summed E-state index contributed by atoms with van der Waals surface area (Å²) in [6.45, 7) is 32.8. The zero-order valence-electron chi connectivity index (χ0n) is 31.3. The van der Waals surface area contributed by atoms with E-state index in [1.165, 1.54) is 11.1 Å². The number of nitrogens with zero attached hydrogens (tertiary/aromatic N) is 1. The highest BCUT2D eigenvalue weighted by Gasteiger charge is 2.53. The molecule has 0 aromatic rings. The van der Waals surface area contributed by atoms with Crippen molar-refractivity contribution in [3.05, 3.63) is 35.5 Å². The number of aliphatic hydroxyl groups excluding tert-OH is 1. The number of fused-ring (bicyclic) bond motifs is 1. The maximum absolute atomic E-state index is 12.5. The summed E-state index contributed by atoms with van der Waals surface area (Å²) in [5.41, 5.74) is 4.00. The molecular weight excluding hydrogens is 607 g/mol. The molecule has 262 valence electrons. The Labute approximate surface area is 283 Å². The fourth-order valence-corrected chi connectivity index (χ4v) is 11.2. The van der Waals surface area contributed by atoms with Crippen molar-refractivity contribution in [3.63, 3.8) is 0 Å². The minimum atomic E-state index is -2.02. The van der Waals surface area contributed by atoms with E-state index in [1.54, 1.807) is 0 Å². The van der Waals surface area contributed by atoms with Crippen LogP contribution in [0.1, 0.15) is 107 Å². The number of hydroxylamine groups is 2. The topological polar surface area (TPSA) is 79.2 Å². The Morgan fingerprint density at radius 2 is 1.61 bits per heavy atom. The van der Waals surface area contributed by atoms with Gasteiger partial charge in [0.05, 0.1) is 24.2 Å². The highest BCUT2D eigenvalue weighted by molar-refractivity contribution is 6.74. The summed E-state index contributed by atoms with van der Waals surface area (Å²) in [7, 11) is -4.00. The van der Waals surface area contributed by atoms with Gasteiger partial charge in [0.15, 0.2) is 16.6 Å². The van der Waals surface area contributed by atoms with Crippen molar-refractivity contribution >= 4 is 22.5 Å². The highest BCUT2D eigenvalue weighted by Crippen LogP contribution is 2.60. The van der Waals surface area contributed by atoms with Crippen LogP contribution in [0.15, 0.2) is 35.5 Å². The SMILES string of the molecule is C=C1C(=CC=C2CCC[C@@]3(C)C2CC[C@@H]3[C@H](C)C(O)C2CCN(O)C2=O)C[C@@H](O[Si](C)(C)C(C)(C)C)C[C@@H]1O[Si](C)(C)C(C)(C)C. The van der Waals surface area contributed by atoms with Crippen LogP contribution < -0.4 is 0 Å². The number of hydrogen-bond donors (Lipinski definition) is 2. The van der Waals surface area contributed by atoms with Gasteiger partial charge < -0.3 is 14.0 Å². The van der Waals surface area contributed by atoms with Crippen molar-refractivity contribution in [1.82, 2.24) is 5.06 Å². The molecule has 1 saturated heterocycles. The number of aliphatic hydroxyl groups is 1. The number of allylic oxidation sites excluding steroid dienone is 3. The molecule has 8 atom stereocenters. The first-order chi connectivity index (χ1) is 21.0. The molecule has 0 spiro atoms. The minimum absolute atomic E-state index is 0.00719. The van der Waals surface area contributed by atoms with Crippen LogP contribution in [-0.4, -0.2) is 62.8 Å². The van der Waals surface area contributed by atoms with Crippen LogP contribution in [0.3, 0.4) is 0 Å². The van der Waals surface area contributed by atoms with Gasteiger partial charge in [-0.05, 0) is 116 Å². The third kappa shape index (κ3) is 7.42. The largest absolute Gasteiger partial charge is 0.413 e. The monoisotopic (exact) mass is 673 g/mol. The third-order valence-corrected chi connectivity index (χ3v) is 22.6. The first-order valence-corrected chi connectivity index (χ1v) is 23.9. The Bertz CT molecular complexity index is 1210. The Balaban J connectivity index is 1.59. The smallest absolute Gasteiger partial charge is 0.251 e. The van der Waals surface area contributed by atoms with E-state index in [0.717, 1.165) is 55.6 Å². The summed E-state index contributed by atoms with van der Waals surface area (Å²) in [5, 5.41) is 22.3. The zero-order valence-corrected chi connectivity index (χ0v) is 33.3. The predicted molar refractivity (Wildman–Crippen MR) is 194 cm³/mol. The Morgan fingerprint density at radius 1 is 1.00 bits per heavy atom. The highest BCUT2D eigenvalue weighted by atomic mass is 28.4. The molecule has 4 fully saturated rings. The molecule has 0 aromatic heterocycles. The molecule has 0 radical (unpaired) electrons. The van der Waals surface area contributed by atoms with E-state index >= 15 is 0 Å². The zero-order chi connectivity index (χ0) is 34.6. The molecule has 2 N–H and O–H groups in total. The number of amides is 1. The predicted octanol–water partition coefficient (Wildman–Crippen LogP) is 9.42. The van der Waals surface area contributed by atoms with Crippen molar-refractivity contribution in [2.24, 2.45) is 29.1 Å². The minimum Gasteiger partial charge on any atom is -0.413 e. The second-order valence-corrected chi connectivity index (χ2v) is 28.1. The summed E-state index contributed by atoms with van der Waals surface area (Å²) in [6.07, 6.45) is 12.0. The summed E-state index contributed by atoms with van der Waals surface area (Å²) in [4.78, 5) is 12.5. The second kappa shape index (κ2) is 13.4. The van der Waals surface area contributed by atoms with Gasteiger partial charge in [0.25, 0.3) is 5.91 Å². The molecule has 0 bridgehead atoms. The molecule has 6 nitrogen and oxygen atoms in total. The van der Waals surface area contributed by atoms with Gasteiger partial charge in [0, 0.05) is 13.0 Å². The fraction of sp³-hybridized carbons (Fsp3) is 0.816. The summed E-state index contributed by atoms with van der Waals surface area (Å²) in [6, 6.07) is 0. The van der Waals surface area contributed by atoms with E-state index in [-0.39, 0.29) is 39.5 Å². The second-order valence-electron chi connectivity index (χ2n) is 18.6. The van der Waals surface area contributed by atoms with Crippen molar-refractivity contribution in [2.75, 3.05) is 6.54 Å². The Morgan fingerprint density at radius 3 is 2.17 bits per heavy atom. The lowest BCUT2D eigenvalue weighted by molar-refractivity contribution is -0.163.